The molecule has 0 saturated heterocycles. The third kappa shape index (κ3) is 3.60. The van der Waals surface area contributed by atoms with Crippen molar-refractivity contribution < 1.29 is 9.90 Å². The number of aliphatic carboxylic acids is 1. The highest BCUT2D eigenvalue weighted by Gasteiger charge is 2.31. The predicted octanol–water partition coefficient (Wildman–Crippen LogP) is 3.41. The average Bonchev–Trinajstić information content (AvgIpc) is 2.45. The number of carboxylic acids is 1. The molecule has 0 radical (unpaired) electrons. The Bertz CT molecular complexity index is 430. The molecule has 2 N–H and O–H groups in total. The molecule has 1 aromatic rings. The highest BCUT2D eigenvalue weighted by atomic mass is 16.4. The van der Waals surface area contributed by atoms with Crippen LogP contribution in [0.4, 0.5) is 0 Å². The van der Waals surface area contributed by atoms with Gasteiger partial charge < -0.3 is 10.4 Å². The van der Waals surface area contributed by atoms with Gasteiger partial charge in [0.1, 0.15) is 6.04 Å². The zero-order valence-corrected chi connectivity index (χ0v) is 12.4. The summed E-state index contributed by atoms with van der Waals surface area (Å²) in [6, 6.07) is 10.3. The van der Waals surface area contributed by atoms with Gasteiger partial charge in [0.25, 0.3) is 0 Å². The first-order chi connectivity index (χ1) is 9.59. The molecule has 3 heteroatoms. The minimum absolute atomic E-state index is 0.103. The van der Waals surface area contributed by atoms with Crippen LogP contribution in [0.25, 0.3) is 0 Å². The van der Waals surface area contributed by atoms with Gasteiger partial charge >= 0.3 is 5.97 Å². The minimum atomic E-state index is -0.739. The Kier molecular flexibility index (Phi) is 5.18. The highest BCUT2D eigenvalue weighted by molar-refractivity contribution is 5.73. The minimum Gasteiger partial charge on any atom is -0.480 e. The van der Waals surface area contributed by atoms with Gasteiger partial charge in [-0.1, -0.05) is 57.0 Å². The van der Waals surface area contributed by atoms with E-state index < -0.39 is 12.0 Å². The van der Waals surface area contributed by atoms with Gasteiger partial charge in [-0.05, 0) is 30.2 Å². The van der Waals surface area contributed by atoms with E-state index in [9.17, 15) is 9.90 Å². The van der Waals surface area contributed by atoms with Gasteiger partial charge in [0.15, 0.2) is 0 Å². The van der Waals surface area contributed by atoms with E-state index in [0.29, 0.717) is 5.92 Å². The maximum atomic E-state index is 11.4. The van der Waals surface area contributed by atoms with Crippen molar-refractivity contribution in [1.29, 1.82) is 0 Å². The second kappa shape index (κ2) is 6.89. The van der Waals surface area contributed by atoms with Gasteiger partial charge in [-0.2, -0.15) is 0 Å². The van der Waals surface area contributed by atoms with E-state index >= 15 is 0 Å². The second-order valence-corrected chi connectivity index (χ2v) is 6.13. The molecule has 1 aliphatic rings. The van der Waals surface area contributed by atoms with Crippen LogP contribution in [0.2, 0.25) is 0 Å². The number of hydrogen-bond donors (Lipinski definition) is 2. The van der Waals surface area contributed by atoms with Crippen molar-refractivity contribution in [3.8, 4) is 0 Å². The summed E-state index contributed by atoms with van der Waals surface area (Å²) in [5.41, 5.74) is 1.33. The Morgan fingerprint density at radius 2 is 1.85 bits per heavy atom. The summed E-state index contributed by atoms with van der Waals surface area (Å²) in [5.74, 6) is -0.200. The number of hydrogen-bond acceptors (Lipinski definition) is 2. The van der Waals surface area contributed by atoms with E-state index in [-0.39, 0.29) is 12.0 Å². The maximum Gasteiger partial charge on any atom is 0.320 e. The molecule has 0 spiro atoms. The van der Waals surface area contributed by atoms with Crippen LogP contribution in [-0.4, -0.2) is 23.2 Å². The first-order valence-electron chi connectivity index (χ1n) is 7.63. The first kappa shape index (κ1) is 15.0. The molecule has 2 rings (SSSR count). The molecular formula is C17H25NO2. The van der Waals surface area contributed by atoms with E-state index in [1.54, 1.807) is 0 Å². The van der Waals surface area contributed by atoms with E-state index in [2.05, 4.69) is 29.6 Å². The van der Waals surface area contributed by atoms with Crippen molar-refractivity contribution in [3.05, 3.63) is 35.9 Å². The lowest BCUT2D eigenvalue weighted by Crippen LogP contribution is -2.49. The molecule has 110 valence electrons. The molecule has 3 atom stereocenters. The first-order valence-corrected chi connectivity index (χ1v) is 7.63. The van der Waals surface area contributed by atoms with Crippen LogP contribution < -0.4 is 5.32 Å². The summed E-state index contributed by atoms with van der Waals surface area (Å²) in [7, 11) is 0. The number of nitrogens with one attached hydrogen (secondary N) is 1. The van der Waals surface area contributed by atoms with Crippen LogP contribution in [0.5, 0.6) is 0 Å². The van der Waals surface area contributed by atoms with Crippen molar-refractivity contribution in [3.63, 3.8) is 0 Å². The Balaban J connectivity index is 2.13. The second-order valence-electron chi connectivity index (χ2n) is 6.13. The number of benzene rings is 1. The molecule has 0 aromatic heterocycles. The topological polar surface area (TPSA) is 49.3 Å². The van der Waals surface area contributed by atoms with Gasteiger partial charge in [0.2, 0.25) is 0 Å². The van der Waals surface area contributed by atoms with Crippen molar-refractivity contribution >= 4 is 5.97 Å². The molecule has 3 unspecified atom stereocenters. The summed E-state index contributed by atoms with van der Waals surface area (Å²) in [6.07, 6.45) is 4.63. The van der Waals surface area contributed by atoms with E-state index in [1.165, 1.54) is 18.4 Å². The number of carboxylic acid groups (broad SMARTS) is 1. The molecule has 1 fully saturated rings. The van der Waals surface area contributed by atoms with Crippen molar-refractivity contribution in [2.24, 2.45) is 5.92 Å². The van der Waals surface area contributed by atoms with E-state index in [0.717, 1.165) is 12.8 Å². The predicted molar refractivity (Wildman–Crippen MR) is 80.8 cm³/mol. The van der Waals surface area contributed by atoms with Gasteiger partial charge in [0.05, 0.1) is 0 Å². The lowest BCUT2D eigenvalue weighted by Gasteiger charge is -2.35. The fourth-order valence-corrected chi connectivity index (χ4v) is 3.21. The maximum absolute atomic E-state index is 11.4. The fraction of sp³-hybridized carbons (Fsp3) is 0.588. The average molecular weight is 275 g/mol. The Morgan fingerprint density at radius 1 is 1.20 bits per heavy atom. The van der Waals surface area contributed by atoms with Crippen molar-refractivity contribution in [2.45, 2.75) is 57.5 Å². The fourth-order valence-electron chi connectivity index (χ4n) is 3.21. The molecule has 1 saturated carbocycles. The Labute approximate surface area is 121 Å². The van der Waals surface area contributed by atoms with Gasteiger partial charge in [-0.25, -0.2) is 0 Å². The third-order valence-electron chi connectivity index (χ3n) is 4.32. The van der Waals surface area contributed by atoms with Crippen LogP contribution in [0, 0.1) is 5.92 Å². The van der Waals surface area contributed by atoms with Crippen LogP contribution >= 0.6 is 0 Å². The van der Waals surface area contributed by atoms with Gasteiger partial charge in [-0.15, -0.1) is 0 Å². The zero-order valence-electron chi connectivity index (χ0n) is 12.4. The summed E-state index contributed by atoms with van der Waals surface area (Å²) in [6.45, 7) is 3.93. The highest BCUT2D eigenvalue weighted by Crippen LogP contribution is 2.33. The normalized spacial score (nSPS) is 24.6. The van der Waals surface area contributed by atoms with Gasteiger partial charge in [-0.3, -0.25) is 4.79 Å². The van der Waals surface area contributed by atoms with Crippen LogP contribution in [0.15, 0.2) is 30.3 Å². The lowest BCUT2D eigenvalue weighted by atomic mass is 9.79. The smallest absolute Gasteiger partial charge is 0.320 e. The monoisotopic (exact) mass is 275 g/mol. The van der Waals surface area contributed by atoms with E-state index in [4.69, 9.17) is 0 Å². The molecule has 0 amide bonds. The lowest BCUT2D eigenvalue weighted by molar-refractivity contribution is -0.141. The third-order valence-corrected chi connectivity index (χ3v) is 4.32. The number of rotatable bonds is 5. The molecular weight excluding hydrogens is 250 g/mol. The van der Waals surface area contributed by atoms with Crippen molar-refractivity contribution in [2.75, 3.05) is 0 Å². The Morgan fingerprint density at radius 3 is 2.45 bits per heavy atom. The van der Waals surface area contributed by atoms with Crippen molar-refractivity contribution in [1.82, 2.24) is 5.32 Å². The van der Waals surface area contributed by atoms with Gasteiger partial charge in [0, 0.05) is 6.04 Å². The molecule has 1 aromatic carbocycles. The summed E-state index contributed by atoms with van der Waals surface area (Å²) < 4.78 is 0. The van der Waals surface area contributed by atoms with E-state index in [1.807, 2.05) is 19.9 Å². The molecule has 0 bridgehead atoms. The summed E-state index contributed by atoms with van der Waals surface area (Å²) in [4.78, 5) is 11.4. The number of carbonyl (C=O) groups is 1. The molecule has 20 heavy (non-hydrogen) atoms. The molecule has 0 heterocycles. The zero-order chi connectivity index (χ0) is 14.5. The summed E-state index contributed by atoms with van der Waals surface area (Å²) >= 11 is 0. The van der Waals surface area contributed by atoms with Crippen LogP contribution in [-0.2, 0) is 4.79 Å². The van der Waals surface area contributed by atoms with Crippen LogP contribution in [0.3, 0.4) is 0 Å². The standard InChI is InChI=1S/C17H25NO2/c1-12(2)16(17(19)20)18-15-11-7-6-10-14(15)13-8-4-3-5-9-13/h3-5,8-9,12,14-16,18H,6-7,10-11H2,1-2H3,(H,19,20). The molecule has 3 nitrogen and oxygen atoms in total. The quantitative estimate of drug-likeness (QED) is 0.865. The largest absolute Gasteiger partial charge is 0.480 e. The SMILES string of the molecule is CC(C)C(NC1CCCCC1c1ccccc1)C(=O)O. The Hall–Kier alpha value is -1.35. The molecule has 1 aliphatic carbocycles. The van der Waals surface area contributed by atoms with Crippen LogP contribution in [0.1, 0.15) is 51.0 Å². The summed E-state index contributed by atoms with van der Waals surface area (Å²) in [5, 5.41) is 12.8. The molecule has 0 aliphatic heterocycles.